The molecule has 0 unspecified atom stereocenters. The van der Waals surface area contributed by atoms with Crippen molar-refractivity contribution in [2.24, 2.45) is 5.92 Å². The van der Waals surface area contributed by atoms with Crippen molar-refractivity contribution >= 4 is 22.8 Å². The maximum absolute atomic E-state index is 13.3. The van der Waals surface area contributed by atoms with Crippen LogP contribution in [0.25, 0.3) is 22.3 Å². The Bertz CT molecular complexity index is 1190. The lowest BCUT2D eigenvalue weighted by atomic mass is 10.0. The van der Waals surface area contributed by atoms with Crippen LogP contribution in [0.4, 0.5) is 0 Å². The fourth-order valence-corrected chi connectivity index (χ4v) is 4.01. The van der Waals surface area contributed by atoms with Crippen LogP contribution in [0.1, 0.15) is 29.8 Å². The summed E-state index contributed by atoms with van der Waals surface area (Å²) in [5.74, 6) is 0.333. The van der Waals surface area contributed by atoms with E-state index in [9.17, 15) is 14.4 Å². The van der Waals surface area contributed by atoms with Crippen molar-refractivity contribution in [2.75, 3.05) is 26.2 Å². The van der Waals surface area contributed by atoms with Gasteiger partial charge >= 0.3 is 0 Å². The third-order valence-electron chi connectivity index (χ3n) is 5.78. The molecule has 4 rings (SSSR count). The first kappa shape index (κ1) is 20.8. The van der Waals surface area contributed by atoms with Gasteiger partial charge in [0, 0.05) is 43.2 Å². The summed E-state index contributed by atoms with van der Waals surface area (Å²) < 4.78 is 6.18. The molecule has 1 aromatic heterocycles. The molecule has 0 aliphatic carbocycles. The number of benzene rings is 2. The minimum absolute atomic E-state index is 0.0609. The van der Waals surface area contributed by atoms with Gasteiger partial charge in [-0.15, -0.1) is 0 Å². The van der Waals surface area contributed by atoms with Crippen molar-refractivity contribution in [1.29, 1.82) is 0 Å². The third-order valence-corrected chi connectivity index (χ3v) is 5.78. The van der Waals surface area contributed by atoms with Crippen LogP contribution in [-0.2, 0) is 4.79 Å². The monoisotopic (exact) mass is 418 g/mol. The van der Waals surface area contributed by atoms with E-state index in [4.69, 9.17) is 4.42 Å². The molecule has 6 nitrogen and oxygen atoms in total. The molecule has 0 radical (unpaired) electrons. The van der Waals surface area contributed by atoms with Gasteiger partial charge in [0.15, 0.2) is 11.0 Å². The Morgan fingerprint density at radius 2 is 1.55 bits per heavy atom. The Morgan fingerprint density at radius 1 is 0.903 bits per heavy atom. The van der Waals surface area contributed by atoms with Crippen molar-refractivity contribution in [1.82, 2.24) is 9.80 Å². The number of hydrogen-bond acceptors (Lipinski definition) is 4. The first-order valence-corrected chi connectivity index (χ1v) is 10.6. The van der Waals surface area contributed by atoms with Gasteiger partial charge in [0.05, 0.1) is 10.9 Å². The molecule has 0 spiro atoms. The number of carbonyl (C=O) groups is 2. The summed E-state index contributed by atoms with van der Waals surface area (Å²) in [6.07, 6.45) is 0. The van der Waals surface area contributed by atoms with E-state index < -0.39 is 0 Å². The van der Waals surface area contributed by atoms with Gasteiger partial charge in [0.2, 0.25) is 5.91 Å². The van der Waals surface area contributed by atoms with Crippen LogP contribution >= 0.6 is 0 Å². The quantitative estimate of drug-likeness (QED) is 0.650. The number of hydrogen-bond donors (Lipinski definition) is 0. The first-order valence-electron chi connectivity index (χ1n) is 10.6. The highest BCUT2D eigenvalue weighted by atomic mass is 16.3. The van der Waals surface area contributed by atoms with E-state index in [1.54, 1.807) is 34.9 Å². The second-order valence-corrected chi connectivity index (χ2v) is 8.21. The van der Waals surface area contributed by atoms with E-state index in [2.05, 4.69) is 0 Å². The molecule has 0 N–H and O–H groups in total. The number of rotatable bonds is 3. The average Bonchev–Trinajstić information content (AvgIpc) is 2.80. The van der Waals surface area contributed by atoms with Crippen LogP contribution in [0.2, 0.25) is 0 Å². The summed E-state index contributed by atoms with van der Waals surface area (Å²) in [4.78, 5) is 42.1. The predicted molar refractivity (Wildman–Crippen MR) is 120 cm³/mol. The molecule has 1 saturated heterocycles. The van der Waals surface area contributed by atoms with E-state index in [-0.39, 0.29) is 23.2 Å². The lowest BCUT2D eigenvalue weighted by Crippen LogP contribution is -2.51. The van der Waals surface area contributed by atoms with Crippen LogP contribution in [0.3, 0.4) is 0 Å². The summed E-state index contributed by atoms with van der Waals surface area (Å²) in [5, 5.41) is 0.400. The smallest absolute Gasteiger partial charge is 0.257 e. The van der Waals surface area contributed by atoms with Gasteiger partial charge in [-0.25, -0.2) is 0 Å². The predicted octanol–water partition coefficient (Wildman–Crippen LogP) is 3.71. The molecule has 1 aliphatic rings. The molecule has 0 atom stereocenters. The standard InChI is InChI=1S/C25H26N2O4/c1-16(2)24(29)26-12-14-27(15-13-26)25(30)20-11-7-10-19-21(28)17(3)22(31-23(19)20)18-8-5-4-6-9-18/h4-11,16H,12-15H2,1-3H3. The van der Waals surface area contributed by atoms with Gasteiger partial charge in [-0.3, -0.25) is 14.4 Å². The fraction of sp³-hybridized carbons (Fsp3) is 0.320. The largest absolute Gasteiger partial charge is 0.455 e. The topological polar surface area (TPSA) is 70.8 Å². The lowest BCUT2D eigenvalue weighted by Gasteiger charge is -2.35. The van der Waals surface area contributed by atoms with Crippen LogP contribution in [0.5, 0.6) is 0 Å². The Hall–Kier alpha value is -3.41. The molecule has 31 heavy (non-hydrogen) atoms. The lowest BCUT2D eigenvalue weighted by molar-refractivity contribution is -0.135. The van der Waals surface area contributed by atoms with Crippen LogP contribution in [0, 0.1) is 12.8 Å². The summed E-state index contributed by atoms with van der Waals surface area (Å²) in [7, 11) is 0. The molecular formula is C25H26N2O4. The molecule has 160 valence electrons. The fourth-order valence-electron chi connectivity index (χ4n) is 4.01. The second kappa shape index (κ2) is 8.38. The van der Waals surface area contributed by atoms with Crippen molar-refractivity contribution in [3.8, 4) is 11.3 Å². The second-order valence-electron chi connectivity index (χ2n) is 8.21. The highest BCUT2D eigenvalue weighted by Gasteiger charge is 2.28. The Kier molecular flexibility index (Phi) is 5.63. The van der Waals surface area contributed by atoms with E-state index in [1.807, 2.05) is 44.2 Å². The highest BCUT2D eigenvalue weighted by Crippen LogP contribution is 2.28. The summed E-state index contributed by atoms with van der Waals surface area (Å²) in [6.45, 7) is 7.42. The van der Waals surface area contributed by atoms with Crippen LogP contribution < -0.4 is 5.43 Å². The van der Waals surface area contributed by atoms with E-state index in [0.29, 0.717) is 54.0 Å². The maximum atomic E-state index is 13.3. The minimum Gasteiger partial charge on any atom is -0.455 e. The van der Waals surface area contributed by atoms with E-state index >= 15 is 0 Å². The van der Waals surface area contributed by atoms with Gasteiger partial charge in [-0.05, 0) is 19.1 Å². The number of amides is 2. The molecule has 1 fully saturated rings. The summed E-state index contributed by atoms with van der Waals surface area (Å²) in [6, 6.07) is 14.5. The summed E-state index contributed by atoms with van der Waals surface area (Å²) in [5.41, 5.74) is 1.85. The van der Waals surface area contributed by atoms with Crippen molar-refractivity contribution in [3.05, 3.63) is 69.9 Å². The zero-order chi connectivity index (χ0) is 22.1. The van der Waals surface area contributed by atoms with Gasteiger partial charge in [0.1, 0.15) is 5.76 Å². The zero-order valence-corrected chi connectivity index (χ0v) is 18.1. The van der Waals surface area contributed by atoms with Crippen LogP contribution in [0.15, 0.2) is 57.7 Å². The third kappa shape index (κ3) is 3.85. The normalized spacial score (nSPS) is 14.3. The van der Waals surface area contributed by atoms with E-state index in [1.165, 1.54) is 0 Å². The number of fused-ring (bicyclic) bond motifs is 1. The summed E-state index contributed by atoms with van der Waals surface area (Å²) >= 11 is 0. The SMILES string of the molecule is Cc1c(-c2ccccc2)oc2c(C(=O)N3CCN(C(=O)C(C)C)CC3)cccc2c1=O. The van der Waals surface area contributed by atoms with Gasteiger partial charge in [-0.1, -0.05) is 50.2 Å². The molecule has 2 aromatic carbocycles. The zero-order valence-electron chi connectivity index (χ0n) is 18.1. The minimum atomic E-state index is -0.187. The molecule has 2 amide bonds. The highest BCUT2D eigenvalue weighted by molar-refractivity contribution is 6.05. The Morgan fingerprint density at radius 3 is 2.19 bits per heavy atom. The molecule has 6 heteroatoms. The van der Waals surface area contributed by atoms with Crippen molar-refractivity contribution in [2.45, 2.75) is 20.8 Å². The van der Waals surface area contributed by atoms with Crippen molar-refractivity contribution in [3.63, 3.8) is 0 Å². The number of piperazine rings is 1. The van der Waals surface area contributed by atoms with E-state index in [0.717, 1.165) is 5.56 Å². The Balaban J connectivity index is 1.70. The molecular weight excluding hydrogens is 392 g/mol. The molecule has 1 aliphatic heterocycles. The molecule has 2 heterocycles. The van der Waals surface area contributed by atoms with Gasteiger partial charge in [-0.2, -0.15) is 0 Å². The number of carbonyl (C=O) groups excluding carboxylic acids is 2. The molecule has 0 saturated carbocycles. The average molecular weight is 418 g/mol. The van der Waals surface area contributed by atoms with Crippen LogP contribution in [-0.4, -0.2) is 47.8 Å². The van der Waals surface area contributed by atoms with Crippen molar-refractivity contribution < 1.29 is 14.0 Å². The number of para-hydroxylation sites is 1. The van der Waals surface area contributed by atoms with Gasteiger partial charge in [0.25, 0.3) is 5.91 Å². The Labute approximate surface area is 181 Å². The first-order chi connectivity index (χ1) is 14.9. The molecule has 3 aromatic rings. The van der Waals surface area contributed by atoms with Gasteiger partial charge < -0.3 is 14.2 Å². The molecule has 0 bridgehead atoms. The number of nitrogens with zero attached hydrogens (tertiary/aromatic N) is 2. The maximum Gasteiger partial charge on any atom is 0.257 e.